The first kappa shape index (κ1) is 26.0. The van der Waals surface area contributed by atoms with Gasteiger partial charge >= 0.3 is 0 Å². The highest BCUT2D eigenvalue weighted by Crippen LogP contribution is 2.69. The number of hydrogen-bond acceptors (Lipinski definition) is 9. The van der Waals surface area contributed by atoms with Crippen molar-refractivity contribution in [3.8, 4) is 0 Å². The Hall–Kier alpha value is -0.620. The van der Waals surface area contributed by atoms with Crippen LogP contribution in [-0.2, 0) is 9.47 Å². The van der Waals surface area contributed by atoms with E-state index in [0.29, 0.717) is 19.3 Å². The molecule has 1 aliphatic heterocycles. The molecule has 0 aromatic carbocycles. The van der Waals surface area contributed by atoms with Crippen LogP contribution in [0.2, 0.25) is 0 Å². The zero-order valence-electron chi connectivity index (χ0n) is 20.9. The van der Waals surface area contributed by atoms with Gasteiger partial charge in [0.2, 0.25) is 0 Å². The predicted octanol–water partition coefficient (Wildman–Crippen LogP) is -0.173. The van der Waals surface area contributed by atoms with Crippen molar-refractivity contribution in [3.63, 3.8) is 0 Å². The summed E-state index contributed by atoms with van der Waals surface area (Å²) >= 11 is 0. The Kier molecular flexibility index (Phi) is 6.08. The van der Waals surface area contributed by atoms with E-state index in [1.807, 2.05) is 20.8 Å². The quantitative estimate of drug-likeness (QED) is 0.262. The smallest absolute Gasteiger partial charge is 0.186 e. The molecule has 13 atom stereocenters. The summed E-state index contributed by atoms with van der Waals surface area (Å²) in [5.41, 5.74) is -2.75. The molecular weight excluding hydrogens is 456 g/mol. The van der Waals surface area contributed by atoms with E-state index >= 15 is 0 Å². The predicted molar refractivity (Wildman–Crippen MR) is 124 cm³/mol. The molecule has 2 bridgehead atoms. The van der Waals surface area contributed by atoms with Gasteiger partial charge in [0, 0.05) is 11.3 Å². The number of aliphatic hydroxyl groups is 7. The molecule has 35 heavy (non-hydrogen) atoms. The summed E-state index contributed by atoms with van der Waals surface area (Å²) in [5.74, 6) is -0.210. The van der Waals surface area contributed by atoms with Crippen molar-refractivity contribution < 1.29 is 45.2 Å². The van der Waals surface area contributed by atoms with Gasteiger partial charge in [-0.2, -0.15) is 0 Å². The van der Waals surface area contributed by atoms with E-state index in [1.165, 1.54) is 0 Å². The van der Waals surface area contributed by atoms with E-state index in [2.05, 4.69) is 6.58 Å². The molecule has 1 spiro atoms. The molecule has 1 heterocycles. The number of ether oxygens (including phenoxy) is 2. The Bertz CT molecular complexity index is 858. The van der Waals surface area contributed by atoms with Gasteiger partial charge in [0.1, 0.15) is 30.0 Å². The highest BCUT2D eigenvalue weighted by atomic mass is 16.7. The maximum atomic E-state index is 12.2. The van der Waals surface area contributed by atoms with Crippen molar-refractivity contribution in [1.29, 1.82) is 0 Å². The lowest BCUT2D eigenvalue weighted by Gasteiger charge is -2.47. The summed E-state index contributed by atoms with van der Waals surface area (Å²) in [6.45, 7) is 9.42. The van der Waals surface area contributed by atoms with Crippen LogP contribution in [0.15, 0.2) is 12.2 Å². The van der Waals surface area contributed by atoms with Crippen LogP contribution in [0.1, 0.15) is 59.3 Å². The lowest BCUT2D eigenvalue weighted by molar-refractivity contribution is -0.321. The highest BCUT2D eigenvalue weighted by Gasteiger charge is 2.70. The minimum atomic E-state index is -1.56. The molecule has 4 aliphatic carbocycles. The lowest BCUT2D eigenvalue weighted by atomic mass is 9.63. The van der Waals surface area contributed by atoms with Crippen molar-refractivity contribution >= 4 is 0 Å². The molecule has 7 N–H and O–H groups in total. The van der Waals surface area contributed by atoms with E-state index < -0.39 is 72.1 Å². The van der Waals surface area contributed by atoms with Gasteiger partial charge in [0.25, 0.3) is 0 Å². The van der Waals surface area contributed by atoms with Crippen LogP contribution in [0.5, 0.6) is 0 Å². The van der Waals surface area contributed by atoms with Crippen LogP contribution < -0.4 is 0 Å². The number of rotatable bonds is 3. The summed E-state index contributed by atoms with van der Waals surface area (Å²) < 4.78 is 11.7. The second kappa shape index (κ2) is 8.19. The zero-order valence-corrected chi connectivity index (χ0v) is 20.9. The SMILES string of the molecule is C=C1[C@@H]2CC[C@H]3C[C@]2(C[C@@H](O)[C@@]2(O)[C@H]1C[C@H](O[C@H]1O[C@@H](CO)[C@H](O)[C@@H](O)[C@@H]1O)C2(C)C)C[C@@]3(C)O. The summed E-state index contributed by atoms with van der Waals surface area (Å²) in [6.07, 6.45) is -4.90. The maximum Gasteiger partial charge on any atom is 0.186 e. The van der Waals surface area contributed by atoms with Crippen molar-refractivity contribution in [3.05, 3.63) is 12.2 Å². The van der Waals surface area contributed by atoms with Gasteiger partial charge in [-0.3, -0.25) is 0 Å². The fourth-order valence-electron chi connectivity index (χ4n) is 8.71. The first-order chi connectivity index (χ1) is 16.2. The van der Waals surface area contributed by atoms with Gasteiger partial charge < -0.3 is 45.2 Å². The maximum absolute atomic E-state index is 12.2. The third-order valence-corrected chi connectivity index (χ3v) is 10.8. The zero-order chi connectivity index (χ0) is 25.7. The average molecular weight is 499 g/mol. The normalized spacial score (nSPS) is 57.5. The summed E-state index contributed by atoms with van der Waals surface area (Å²) in [7, 11) is 0. The van der Waals surface area contributed by atoms with Crippen molar-refractivity contribution in [2.45, 2.75) is 113 Å². The van der Waals surface area contributed by atoms with Crippen molar-refractivity contribution in [2.24, 2.45) is 28.6 Å². The van der Waals surface area contributed by atoms with Gasteiger partial charge in [0.05, 0.1) is 24.4 Å². The molecule has 1 saturated heterocycles. The molecule has 0 unspecified atom stereocenters. The van der Waals surface area contributed by atoms with Crippen molar-refractivity contribution in [2.75, 3.05) is 6.61 Å². The minimum absolute atomic E-state index is 0.0724. The Morgan fingerprint density at radius 3 is 2.31 bits per heavy atom. The highest BCUT2D eigenvalue weighted by molar-refractivity contribution is 5.30. The van der Waals surface area contributed by atoms with Gasteiger partial charge in [-0.15, -0.1) is 0 Å². The van der Waals surface area contributed by atoms with Crippen LogP contribution >= 0.6 is 0 Å². The fourth-order valence-corrected chi connectivity index (χ4v) is 8.71. The van der Waals surface area contributed by atoms with Crippen LogP contribution in [0.25, 0.3) is 0 Å². The molecule has 0 radical (unpaired) electrons. The Labute approximate surface area is 206 Å². The first-order valence-electron chi connectivity index (χ1n) is 13.0. The largest absolute Gasteiger partial charge is 0.394 e. The summed E-state index contributed by atoms with van der Waals surface area (Å²) in [6, 6.07) is 0. The van der Waals surface area contributed by atoms with Crippen molar-refractivity contribution in [1.82, 2.24) is 0 Å². The fraction of sp³-hybridized carbons (Fsp3) is 0.923. The van der Waals surface area contributed by atoms with E-state index in [0.717, 1.165) is 24.8 Å². The summed E-state index contributed by atoms with van der Waals surface area (Å²) in [5, 5.41) is 75.2. The molecule has 200 valence electrons. The van der Waals surface area contributed by atoms with E-state index in [-0.39, 0.29) is 17.3 Å². The third-order valence-electron chi connectivity index (χ3n) is 10.8. The average Bonchev–Trinajstić information content (AvgIpc) is 3.08. The topological polar surface area (TPSA) is 160 Å². The van der Waals surface area contributed by atoms with Crippen LogP contribution in [0.4, 0.5) is 0 Å². The molecule has 0 aromatic rings. The summed E-state index contributed by atoms with van der Waals surface area (Å²) in [4.78, 5) is 0. The van der Waals surface area contributed by atoms with Gasteiger partial charge in [-0.05, 0) is 62.7 Å². The van der Waals surface area contributed by atoms with E-state index in [1.54, 1.807) is 0 Å². The van der Waals surface area contributed by atoms with Gasteiger partial charge in [-0.1, -0.05) is 26.0 Å². The Balaban J connectivity index is 1.44. The second-order valence-electron chi connectivity index (χ2n) is 12.9. The molecule has 0 aromatic heterocycles. The first-order valence-corrected chi connectivity index (χ1v) is 13.0. The molecular formula is C26H42O9. The molecule has 5 rings (SSSR count). The van der Waals surface area contributed by atoms with Gasteiger partial charge in [0.15, 0.2) is 6.29 Å². The monoisotopic (exact) mass is 498 g/mol. The molecule has 0 amide bonds. The third kappa shape index (κ3) is 3.47. The molecule has 5 fully saturated rings. The second-order valence-corrected chi connectivity index (χ2v) is 12.9. The number of aliphatic hydroxyl groups excluding tert-OH is 5. The van der Waals surface area contributed by atoms with Crippen LogP contribution in [-0.4, -0.2) is 96.5 Å². The minimum Gasteiger partial charge on any atom is -0.394 e. The standard InChI is InChI=1S/C26H42O9/c1-12-14-6-5-13-8-25(14,11-24(13,4)32)9-17(28)26(33)15(12)7-18(23(26,2)3)35-22-21(31)20(30)19(29)16(10-27)34-22/h13-22,27-33H,1,5-11H2,2-4H3/t13-,14-,15-,16-,17+,18-,19-,20+,21-,22+,24+,25-,26-/m0/s1. The Morgan fingerprint density at radius 1 is 0.971 bits per heavy atom. The van der Waals surface area contributed by atoms with Gasteiger partial charge in [-0.25, -0.2) is 0 Å². The molecule has 5 aliphatic rings. The van der Waals surface area contributed by atoms with Crippen LogP contribution in [0, 0.1) is 28.6 Å². The Morgan fingerprint density at radius 2 is 1.66 bits per heavy atom. The molecule has 9 nitrogen and oxygen atoms in total. The number of fused-ring (bicyclic) bond motifs is 2. The van der Waals surface area contributed by atoms with E-state index in [9.17, 15) is 35.7 Å². The van der Waals surface area contributed by atoms with E-state index in [4.69, 9.17) is 9.47 Å². The van der Waals surface area contributed by atoms with Crippen LogP contribution in [0.3, 0.4) is 0 Å². The number of hydrogen-bond donors (Lipinski definition) is 7. The molecule has 4 saturated carbocycles. The molecule has 9 heteroatoms. The lowest BCUT2D eigenvalue weighted by Crippen LogP contribution is -2.61.